The number of hydrogen-bond acceptors (Lipinski definition) is 3. The van der Waals surface area contributed by atoms with Crippen molar-refractivity contribution >= 4 is 17.5 Å². The van der Waals surface area contributed by atoms with Gasteiger partial charge in [-0.1, -0.05) is 30.7 Å². The molecule has 4 nitrogen and oxygen atoms in total. The highest BCUT2D eigenvalue weighted by atomic mass is 35.5. The maximum absolute atomic E-state index is 12.2. The molecule has 0 aliphatic rings. The first-order valence-corrected chi connectivity index (χ1v) is 7.09. The van der Waals surface area contributed by atoms with Gasteiger partial charge in [0, 0.05) is 24.9 Å². The van der Waals surface area contributed by atoms with Gasteiger partial charge in [0.25, 0.3) is 5.91 Å². The Labute approximate surface area is 128 Å². The van der Waals surface area contributed by atoms with Crippen LogP contribution in [0.1, 0.15) is 17.3 Å². The summed E-state index contributed by atoms with van der Waals surface area (Å²) >= 11 is 6.10. The van der Waals surface area contributed by atoms with Crippen molar-refractivity contribution in [3.05, 3.63) is 53.2 Å². The van der Waals surface area contributed by atoms with Crippen molar-refractivity contribution in [3.63, 3.8) is 0 Å². The molecule has 0 fully saturated rings. The van der Waals surface area contributed by atoms with E-state index in [2.05, 4.69) is 10.3 Å². The van der Waals surface area contributed by atoms with Crippen molar-refractivity contribution in [2.75, 3.05) is 13.2 Å². The molecule has 5 heteroatoms. The van der Waals surface area contributed by atoms with E-state index in [-0.39, 0.29) is 18.4 Å². The molecule has 1 amide bonds. The number of carbonyl (C=O) groups is 1. The van der Waals surface area contributed by atoms with Gasteiger partial charge in [0.2, 0.25) is 0 Å². The normalized spacial score (nSPS) is 12.0. The number of pyridine rings is 1. The van der Waals surface area contributed by atoms with Gasteiger partial charge in [-0.25, -0.2) is 0 Å². The number of aromatic nitrogens is 1. The molecular weight excluding hydrogens is 288 g/mol. The van der Waals surface area contributed by atoms with Crippen LogP contribution in [0.5, 0.6) is 0 Å². The second-order valence-electron chi connectivity index (χ2n) is 4.91. The van der Waals surface area contributed by atoms with E-state index in [1.165, 1.54) is 0 Å². The summed E-state index contributed by atoms with van der Waals surface area (Å²) in [6.45, 7) is 2.29. The second-order valence-corrected chi connectivity index (χ2v) is 5.31. The van der Waals surface area contributed by atoms with Crippen LogP contribution in [0.3, 0.4) is 0 Å². The fourth-order valence-corrected chi connectivity index (χ4v) is 2.02. The van der Waals surface area contributed by atoms with E-state index in [1.54, 1.807) is 18.3 Å². The Balaban J connectivity index is 2.21. The quantitative estimate of drug-likeness (QED) is 0.893. The third-order valence-corrected chi connectivity index (χ3v) is 3.42. The van der Waals surface area contributed by atoms with E-state index in [9.17, 15) is 4.79 Å². The smallest absolute Gasteiger partial charge is 0.252 e. The summed E-state index contributed by atoms with van der Waals surface area (Å²) < 4.78 is 0. The predicted octanol–water partition coefficient (Wildman–Crippen LogP) is 2.76. The summed E-state index contributed by atoms with van der Waals surface area (Å²) in [5, 5.41) is 12.1. The average molecular weight is 305 g/mol. The number of amides is 1. The lowest BCUT2D eigenvalue weighted by Crippen LogP contribution is -2.29. The van der Waals surface area contributed by atoms with Crippen molar-refractivity contribution in [3.8, 4) is 11.3 Å². The first-order chi connectivity index (χ1) is 10.1. The molecule has 0 spiro atoms. The lowest BCUT2D eigenvalue weighted by Gasteiger charge is -2.11. The lowest BCUT2D eigenvalue weighted by atomic mass is 10.1. The molecule has 1 aromatic heterocycles. The molecule has 1 unspecified atom stereocenters. The molecule has 1 heterocycles. The number of rotatable bonds is 5. The maximum atomic E-state index is 12.2. The van der Waals surface area contributed by atoms with Crippen molar-refractivity contribution in [2.45, 2.75) is 6.92 Å². The third-order valence-electron chi connectivity index (χ3n) is 3.09. The Morgan fingerprint density at radius 3 is 2.86 bits per heavy atom. The third kappa shape index (κ3) is 4.03. The van der Waals surface area contributed by atoms with Crippen LogP contribution in [-0.4, -0.2) is 29.1 Å². The number of nitrogens with one attached hydrogen (secondary N) is 1. The summed E-state index contributed by atoms with van der Waals surface area (Å²) in [5.74, 6) is -0.246. The van der Waals surface area contributed by atoms with E-state index in [0.717, 1.165) is 11.3 Å². The molecule has 1 aromatic carbocycles. The van der Waals surface area contributed by atoms with Gasteiger partial charge in [0.15, 0.2) is 0 Å². The number of nitrogens with zero attached hydrogens (tertiary/aromatic N) is 1. The Morgan fingerprint density at radius 2 is 2.19 bits per heavy atom. The zero-order chi connectivity index (χ0) is 15.2. The standard InChI is InChI=1S/C16H17ClN2O2/c1-11(10-20)9-19-16(21)13-8-12(5-6-14(13)17)15-4-2-3-7-18-15/h2-8,11,20H,9-10H2,1H3,(H,19,21). The number of hydrogen-bond donors (Lipinski definition) is 2. The molecule has 0 radical (unpaired) electrons. The molecule has 0 aliphatic carbocycles. The largest absolute Gasteiger partial charge is 0.396 e. The minimum atomic E-state index is -0.252. The Kier molecular flexibility index (Phi) is 5.31. The van der Waals surface area contributed by atoms with Gasteiger partial charge in [0.05, 0.1) is 16.3 Å². The van der Waals surface area contributed by atoms with Crippen LogP contribution in [0.25, 0.3) is 11.3 Å². The zero-order valence-corrected chi connectivity index (χ0v) is 12.5. The van der Waals surface area contributed by atoms with Crippen molar-refractivity contribution in [2.24, 2.45) is 5.92 Å². The second kappa shape index (κ2) is 7.20. The number of aliphatic hydroxyl groups is 1. The highest BCUT2D eigenvalue weighted by Crippen LogP contribution is 2.23. The van der Waals surface area contributed by atoms with Gasteiger partial charge in [-0.05, 0) is 30.2 Å². The van der Waals surface area contributed by atoms with Gasteiger partial charge in [0.1, 0.15) is 0 Å². The van der Waals surface area contributed by atoms with E-state index < -0.39 is 0 Å². The average Bonchev–Trinajstić information content (AvgIpc) is 2.53. The molecular formula is C16H17ClN2O2. The Hall–Kier alpha value is -1.91. The number of halogens is 1. The van der Waals surface area contributed by atoms with Crippen LogP contribution < -0.4 is 5.32 Å². The van der Waals surface area contributed by atoms with Crippen LogP contribution in [-0.2, 0) is 0 Å². The minimum Gasteiger partial charge on any atom is -0.396 e. The van der Waals surface area contributed by atoms with Crippen LogP contribution in [0.15, 0.2) is 42.6 Å². The highest BCUT2D eigenvalue weighted by molar-refractivity contribution is 6.34. The van der Waals surface area contributed by atoms with Crippen molar-refractivity contribution < 1.29 is 9.90 Å². The van der Waals surface area contributed by atoms with Crippen LogP contribution in [0, 0.1) is 5.92 Å². The number of aliphatic hydroxyl groups excluding tert-OH is 1. The Morgan fingerprint density at radius 1 is 1.38 bits per heavy atom. The van der Waals surface area contributed by atoms with E-state index >= 15 is 0 Å². The van der Waals surface area contributed by atoms with E-state index in [0.29, 0.717) is 17.1 Å². The van der Waals surface area contributed by atoms with Crippen LogP contribution >= 0.6 is 11.6 Å². The summed E-state index contributed by atoms with van der Waals surface area (Å²) in [6.07, 6.45) is 1.70. The molecule has 1 atom stereocenters. The van der Waals surface area contributed by atoms with Crippen LogP contribution in [0.2, 0.25) is 5.02 Å². The van der Waals surface area contributed by atoms with E-state index in [4.69, 9.17) is 16.7 Å². The summed E-state index contributed by atoms with van der Waals surface area (Å²) in [5.41, 5.74) is 2.03. The topological polar surface area (TPSA) is 62.2 Å². The molecule has 21 heavy (non-hydrogen) atoms. The predicted molar refractivity (Wildman–Crippen MR) is 83.3 cm³/mol. The van der Waals surface area contributed by atoms with Crippen molar-refractivity contribution in [1.82, 2.24) is 10.3 Å². The highest BCUT2D eigenvalue weighted by Gasteiger charge is 2.13. The molecule has 0 aliphatic heterocycles. The molecule has 2 rings (SSSR count). The first kappa shape index (κ1) is 15.5. The van der Waals surface area contributed by atoms with Gasteiger partial charge in [-0.2, -0.15) is 0 Å². The van der Waals surface area contributed by atoms with Gasteiger partial charge >= 0.3 is 0 Å². The summed E-state index contributed by atoms with van der Waals surface area (Å²) in [6, 6.07) is 10.8. The summed E-state index contributed by atoms with van der Waals surface area (Å²) in [4.78, 5) is 16.4. The fraction of sp³-hybridized carbons (Fsp3) is 0.250. The maximum Gasteiger partial charge on any atom is 0.252 e. The van der Waals surface area contributed by atoms with Crippen molar-refractivity contribution in [1.29, 1.82) is 0 Å². The van der Waals surface area contributed by atoms with Gasteiger partial charge in [-0.15, -0.1) is 0 Å². The monoisotopic (exact) mass is 304 g/mol. The fourth-order valence-electron chi connectivity index (χ4n) is 1.82. The molecule has 110 valence electrons. The Bertz CT molecular complexity index is 617. The van der Waals surface area contributed by atoms with Gasteiger partial charge in [-0.3, -0.25) is 9.78 Å². The zero-order valence-electron chi connectivity index (χ0n) is 11.7. The van der Waals surface area contributed by atoms with Crippen LogP contribution in [0.4, 0.5) is 0 Å². The molecule has 2 N–H and O–H groups in total. The molecule has 0 saturated carbocycles. The molecule has 0 saturated heterocycles. The lowest BCUT2D eigenvalue weighted by molar-refractivity contribution is 0.0942. The SMILES string of the molecule is CC(CO)CNC(=O)c1cc(-c2ccccn2)ccc1Cl. The number of benzene rings is 1. The number of carbonyl (C=O) groups excluding carboxylic acids is 1. The molecule has 2 aromatic rings. The summed E-state index contributed by atoms with van der Waals surface area (Å²) in [7, 11) is 0. The molecule has 0 bridgehead atoms. The van der Waals surface area contributed by atoms with Gasteiger partial charge < -0.3 is 10.4 Å². The minimum absolute atomic E-state index is 0.00620. The van der Waals surface area contributed by atoms with E-state index in [1.807, 2.05) is 31.2 Å². The first-order valence-electron chi connectivity index (χ1n) is 6.72.